The molecule has 0 radical (unpaired) electrons. The summed E-state index contributed by atoms with van der Waals surface area (Å²) in [6, 6.07) is 0. The summed E-state index contributed by atoms with van der Waals surface area (Å²) in [6.07, 6.45) is -2.29. The minimum Gasteiger partial charge on any atom is -0.478 e. The molecule has 0 unspecified atom stereocenters. The number of nitrogens with one attached hydrogen (secondary N) is 1. The van der Waals surface area contributed by atoms with Gasteiger partial charge in [0.05, 0.1) is 11.4 Å². The Labute approximate surface area is 87.5 Å². The van der Waals surface area contributed by atoms with E-state index >= 15 is 0 Å². The van der Waals surface area contributed by atoms with Crippen LogP contribution in [0.3, 0.4) is 0 Å². The van der Waals surface area contributed by atoms with Crippen LogP contribution in [0.5, 0.6) is 0 Å². The van der Waals surface area contributed by atoms with Gasteiger partial charge < -0.3 is 10.1 Å². The zero-order valence-electron chi connectivity index (χ0n) is 7.26. The van der Waals surface area contributed by atoms with Crippen molar-refractivity contribution in [3.05, 3.63) is 33.2 Å². The topological polar surface area (TPSA) is 70.2 Å². The Morgan fingerprint density at radius 1 is 1.60 bits per heavy atom. The second kappa shape index (κ2) is 4.39. The molecule has 82 valence electrons. The molecule has 0 saturated heterocycles. The molecule has 15 heavy (non-hydrogen) atoms. The number of hydrogen-bond acceptors (Lipinski definition) is 2. The fraction of sp³-hybridized carbons (Fsp3) is 0.250. The Bertz CT molecular complexity index is 444. The van der Waals surface area contributed by atoms with Gasteiger partial charge in [-0.25, -0.2) is 13.6 Å². The number of rotatable bonds is 3. The highest BCUT2D eigenvalue weighted by Crippen LogP contribution is 2.23. The van der Waals surface area contributed by atoms with E-state index in [0.29, 0.717) is 6.20 Å². The maximum absolute atomic E-state index is 12.4. The number of hydrogen-bond donors (Lipinski definition) is 2. The van der Waals surface area contributed by atoms with Gasteiger partial charge in [-0.15, -0.1) is 11.6 Å². The van der Waals surface area contributed by atoms with E-state index in [-0.39, 0.29) is 5.56 Å². The molecule has 0 bridgehead atoms. The van der Waals surface area contributed by atoms with Crippen LogP contribution in [0.1, 0.15) is 27.9 Å². The maximum Gasteiger partial charge on any atom is 0.336 e. The predicted molar refractivity (Wildman–Crippen MR) is 48.5 cm³/mol. The van der Waals surface area contributed by atoms with E-state index in [1.807, 2.05) is 4.98 Å². The molecule has 2 N–H and O–H groups in total. The van der Waals surface area contributed by atoms with Crippen LogP contribution in [-0.2, 0) is 5.88 Å². The lowest BCUT2D eigenvalue weighted by Crippen LogP contribution is -2.19. The van der Waals surface area contributed by atoms with Crippen LogP contribution in [-0.4, -0.2) is 16.1 Å². The molecule has 7 heteroatoms. The number of carboxylic acid groups (broad SMARTS) is 1. The normalized spacial score (nSPS) is 10.7. The van der Waals surface area contributed by atoms with E-state index in [2.05, 4.69) is 0 Å². The summed E-state index contributed by atoms with van der Waals surface area (Å²) < 4.78 is 24.8. The second-order valence-corrected chi connectivity index (χ2v) is 2.93. The monoisotopic (exact) mass is 237 g/mol. The SMILES string of the molecule is O=C(O)c1c(C(F)F)c[nH]c(=O)c1CCl. The number of halogens is 3. The van der Waals surface area contributed by atoms with Crippen molar-refractivity contribution in [3.8, 4) is 0 Å². The van der Waals surface area contributed by atoms with E-state index in [0.717, 1.165) is 0 Å². The number of carboxylic acids is 1. The minimum atomic E-state index is -2.98. The molecule has 0 aliphatic heterocycles. The molecule has 0 aliphatic carbocycles. The van der Waals surface area contributed by atoms with Crippen LogP contribution in [0, 0.1) is 0 Å². The zero-order valence-corrected chi connectivity index (χ0v) is 8.02. The second-order valence-electron chi connectivity index (χ2n) is 2.67. The van der Waals surface area contributed by atoms with Crippen molar-refractivity contribution in [2.45, 2.75) is 12.3 Å². The average molecular weight is 238 g/mol. The van der Waals surface area contributed by atoms with E-state index in [1.54, 1.807) is 0 Å². The smallest absolute Gasteiger partial charge is 0.336 e. The Kier molecular flexibility index (Phi) is 3.41. The molecule has 0 atom stereocenters. The molecule has 0 amide bonds. The number of aromatic nitrogens is 1. The van der Waals surface area contributed by atoms with Crippen LogP contribution < -0.4 is 5.56 Å². The van der Waals surface area contributed by atoms with Crippen molar-refractivity contribution >= 4 is 17.6 Å². The summed E-state index contributed by atoms with van der Waals surface area (Å²) in [6.45, 7) is 0. The summed E-state index contributed by atoms with van der Waals surface area (Å²) in [4.78, 5) is 23.8. The van der Waals surface area contributed by atoms with E-state index in [4.69, 9.17) is 16.7 Å². The van der Waals surface area contributed by atoms with Crippen LogP contribution >= 0.6 is 11.6 Å². The third-order valence-corrected chi connectivity index (χ3v) is 2.07. The third kappa shape index (κ3) is 2.15. The fourth-order valence-electron chi connectivity index (χ4n) is 1.14. The van der Waals surface area contributed by atoms with Crippen LogP contribution in [0.4, 0.5) is 8.78 Å². The summed E-state index contributed by atoms with van der Waals surface area (Å²) in [7, 11) is 0. The lowest BCUT2D eigenvalue weighted by atomic mass is 10.1. The van der Waals surface area contributed by atoms with Gasteiger partial charge in [-0.05, 0) is 0 Å². The highest BCUT2D eigenvalue weighted by molar-refractivity contribution is 6.17. The van der Waals surface area contributed by atoms with Crippen LogP contribution in [0.2, 0.25) is 0 Å². The van der Waals surface area contributed by atoms with Gasteiger partial charge in [0.2, 0.25) is 0 Å². The highest BCUT2D eigenvalue weighted by Gasteiger charge is 2.23. The summed E-state index contributed by atoms with van der Waals surface area (Å²) in [5.41, 5.74) is -2.59. The molecule has 0 aliphatic rings. The first-order valence-corrected chi connectivity index (χ1v) is 4.34. The Morgan fingerprint density at radius 3 is 2.60 bits per heavy atom. The lowest BCUT2D eigenvalue weighted by molar-refractivity contribution is 0.0683. The number of H-pyrrole nitrogens is 1. The number of carbonyl (C=O) groups is 1. The highest BCUT2D eigenvalue weighted by atomic mass is 35.5. The molecule has 1 aromatic rings. The van der Waals surface area contributed by atoms with Crippen molar-refractivity contribution in [1.29, 1.82) is 0 Å². The first kappa shape index (κ1) is 11.6. The Balaban J connectivity index is 3.56. The van der Waals surface area contributed by atoms with Gasteiger partial charge >= 0.3 is 5.97 Å². The quantitative estimate of drug-likeness (QED) is 0.787. The number of aromatic carboxylic acids is 1. The summed E-state index contributed by atoms with van der Waals surface area (Å²) in [5, 5.41) is 8.71. The van der Waals surface area contributed by atoms with Gasteiger partial charge in [0.1, 0.15) is 0 Å². The largest absolute Gasteiger partial charge is 0.478 e. The molecule has 0 aromatic carbocycles. The predicted octanol–water partition coefficient (Wildman–Crippen LogP) is 1.75. The van der Waals surface area contributed by atoms with Gasteiger partial charge in [0.15, 0.2) is 0 Å². The Hall–Kier alpha value is -1.43. The number of alkyl halides is 3. The van der Waals surface area contributed by atoms with E-state index < -0.39 is 35.0 Å². The van der Waals surface area contributed by atoms with Gasteiger partial charge in [-0.3, -0.25) is 4.79 Å². The van der Waals surface area contributed by atoms with Crippen molar-refractivity contribution < 1.29 is 18.7 Å². The van der Waals surface area contributed by atoms with Crippen LogP contribution in [0.25, 0.3) is 0 Å². The Morgan fingerprint density at radius 2 is 2.20 bits per heavy atom. The average Bonchev–Trinajstić information content (AvgIpc) is 2.16. The summed E-state index contributed by atoms with van der Waals surface area (Å²) >= 11 is 5.33. The first-order valence-electron chi connectivity index (χ1n) is 3.81. The van der Waals surface area contributed by atoms with Gasteiger partial charge in [-0.1, -0.05) is 0 Å². The maximum atomic E-state index is 12.4. The fourth-order valence-corrected chi connectivity index (χ4v) is 1.40. The van der Waals surface area contributed by atoms with Crippen molar-refractivity contribution in [3.63, 3.8) is 0 Å². The number of pyridine rings is 1. The molecule has 1 heterocycles. The van der Waals surface area contributed by atoms with Crippen molar-refractivity contribution in [2.75, 3.05) is 0 Å². The van der Waals surface area contributed by atoms with Crippen molar-refractivity contribution in [1.82, 2.24) is 4.98 Å². The minimum absolute atomic E-state index is 0.359. The zero-order chi connectivity index (χ0) is 11.6. The molecular weight excluding hydrogens is 232 g/mol. The third-order valence-electron chi connectivity index (χ3n) is 1.81. The van der Waals surface area contributed by atoms with Crippen molar-refractivity contribution in [2.24, 2.45) is 0 Å². The van der Waals surface area contributed by atoms with Crippen LogP contribution in [0.15, 0.2) is 11.0 Å². The van der Waals surface area contributed by atoms with Gasteiger partial charge in [0.25, 0.3) is 12.0 Å². The molecular formula is C8H6ClF2NO3. The molecule has 1 aromatic heterocycles. The molecule has 0 fully saturated rings. The molecule has 4 nitrogen and oxygen atoms in total. The standard InChI is InChI=1S/C8H6ClF2NO3/c9-1-3-5(8(14)15)4(6(10)11)2-12-7(3)13/h2,6H,1H2,(H,12,13)(H,14,15). The summed E-state index contributed by atoms with van der Waals surface area (Å²) in [5.74, 6) is -2.02. The van der Waals surface area contributed by atoms with Gasteiger partial charge in [-0.2, -0.15) is 0 Å². The molecule has 0 saturated carbocycles. The number of aromatic amines is 1. The van der Waals surface area contributed by atoms with E-state index in [1.165, 1.54) is 0 Å². The lowest BCUT2D eigenvalue weighted by Gasteiger charge is -2.07. The molecule has 0 spiro atoms. The van der Waals surface area contributed by atoms with E-state index in [9.17, 15) is 18.4 Å². The molecule has 1 rings (SSSR count). The van der Waals surface area contributed by atoms with Gasteiger partial charge in [0, 0.05) is 17.3 Å². The first-order chi connectivity index (χ1) is 6.99.